The lowest BCUT2D eigenvalue weighted by Gasteiger charge is -2.32. The quantitative estimate of drug-likeness (QED) is 0.470. The normalized spacial score (nSPS) is 25.1. The van der Waals surface area contributed by atoms with Crippen LogP contribution < -0.4 is 5.32 Å². The summed E-state index contributed by atoms with van der Waals surface area (Å²) in [6.45, 7) is 3.86. The first kappa shape index (κ1) is 22.1. The third-order valence-corrected chi connectivity index (χ3v) is 8.14. The second-order valence-corrected chi connectivity index (χ2v) is 10.6. The van der Waals surface area contributed by atoms with Gasteiger partial charge in [-0.05, 0) is 72.7 Å². The number of likely N-dealkylation sites (tertiary alicyclic amines) is 1. The number of amides is 2. The molecule has 2 atom stereocenters. The number of halogens is 1. The summed E-state index contributed by atoms with van der Waals surface area (Å²) in [4.78, 5) is 28.5. The maximum atomic E-state index is 12.3. The summed E-state index contributed by atoms with van der Waals surface area (Å²) in [5.74, 6) is 0.266. The molecule has 0 aliphatic carbocycles. The molecule has 0 radical (unpaired) electrons. The SMILES string of the molecule is O=C1CCC(N2Cc3cc(CN4CCC(c5cccc(Br)c5)CC4)ccc3C2S)C(=O)N1. The minimum Gasteiger partial charge on any atom is -0.299 e. The van der Waals surface area contributed by atoms with Crippen molar-refractivity contribution in [3.05, 3.63) is 69.2 Å². The predicted molar refractivity (Wildman–Crippen MR) is 131 cm³/mol. The zero-order chi connectivity index (χ0) is 22.2. The summed E-state index contributed by atoms with van der Waals surface area (Å²) < 4.78 is 1.16. The fourth-order valence-electron chi connectivity index (χ4n) is 5.33. The number of hydrogen-bond acceptors (Lipinski definition) is 5. The van der Waals surface area contributed by atoms with Crippen LogP contribution >= 0.6 is 28.6 Å². The van der Waals surface area contributed by atoms with Crippen LogP contribution in [0.15, 0.2) is 46.9 Å². The molecule has 5 rings (SSSR count). The lowest BCUT2D eigenvalue weighted by atomic mass is 9.89. The van der Waals surface area contributed by atoms with Gasteiger partial charge in [0.25, 0.3) is 0 Å². The van der Waals surface area contributed by atoms with Gasteiger partial charge in [0.1, 0.15) is 0 Å². The van der Waals surface area contributed by atoms with Gasteiger partial charge in [-0.1, -0.05) is 46.3 Å². The van der Waals surface area contributed by atoms with Crippen molar-refractivity contribution in [2.24, 2.45) is 0 Å². The molecule has 2 saturated heterocycles. The second-order valence-electron chi connectivity index (χ2n) is 9.15. The predicted octanol–water partition coefficient (Wildman–Crippen LogP) is 4.38. The minimum absolute atomic E-state index is 0.107. The van der Waals surface area contributed by atoms with Crippen LogP contribution in [0.2, 0.25) is 0 Å². The molecule has 0 bridgehead atoms. The third kappa shape index (κ3) is 4.53. The van der Waals surface area contributed by atoms with Crippen molar-refractivity contribution in [2.45, 2.75) is 56.1 Å². The Morgan fingerprint density at radius 3 is 2.62 bits per heavy atom. The number of fused-ring (bicyclic) bond motifs is 1. The Morgan fingerprint density at radius 1 is 1.06 bits per heavy atom. The van der Waals surface area contributed by atoms with Crippen molar-refractivity contribution in [2.75, 3.05) is 13.1 Å². The summed E-state index contributed by atoms with van der Waals surface area (Å²) in [6, 6.07) is 15.1. The van der Waals surface area contributed by atoms with E-state index in [-0.39, 0.29) is 23.2 Å². The number of carbonyl (C=O) groups is 2. The molecule has 2 unspecified atom stereocenters. The van der Waals surface area contributed by atoms with Crippen molar-refractivity contribution in [1.82, 2.24) is 15.1 Å². The molecule has 1 N–H and O–H groups in total. The molecular weight excluding hydrogens is 486 g/mol. The van der Waals surface area contributed by atoms with Crippen molar-refractivity contribution >= 4 is 40.4 Å². The highest BCUT2D eigenvalue weighted by molar-refractivity contribution is 9.10. The molecule has 2 aromatic rings. The van der Waals surface area contributed by atoms with Gasteiger partial charge in [0.05, 0.1) is 11.4 Å². The van der Waals surface area contributed by atoms with E-state index in [0.29, 0.717) is 25.3 Å². The highest BCUT2D eigenvalue weighted by Crippen LogP contribution is 2.40. The van der Waals surface area contributed by atoms with Gasteiger partial charge in [-0.3, -0.25) is 24.7 Å². The summed E-state index contributed by atoms with van der Waals surface area (Å²) in [5, 5.41) is 2.37. The van der Waals surface area contributed by atoms with E-state index >= 15 is 0 Å². The van der Waals surface area contributed by atoms with E-state index in [1.165, 1.54) is 35.1 Å². The number of imide groups is 1. The summed E-state index contributed by atoms with van der Waals surface area (Å²) in [7, 11) is 0. The fourth-order valence-corrected chi connectivity index (χ4v) is 6.24. The molecular formula is C25H28BrN3O2S. The average molecular weight is 514 g/mol. The van der Waals surface area contributed by atoms with Crippen molar-refractivity contribution < 1.29 is 9.59 Å². The number of thiol groups is 1. The summed E-state index contributed by atoms with van der Waals surface area (Å²) >= 11 is 8.40. The molecule has 168 valence electrons. The first-order valence-corrected chi connectivity index (χ1v) is 12.7. The Labute approximate surface area is 203 Å². The zero-order valence-corrected chi connectivity index (χ0v) is 20.4. The number of benzene rings is 2. The first-order chi connectivity index (χ1) is 15.5. The van der Waals surface area contributed by atoms with Gasteiger partial charge in [0, 0.05) is 24.0 Å². The van der Waals surface area contributed by atoms with Gasteiger partial charge in [-0.15, -0.1) is 0 Å². The Hall–Kier alpha value is -1.67. The lowest BCUT2D eigenvalue weighted by Crippen LogP contribution is -2.51. The molecule has 0 spiro atoms. The molecule has 5 nitrogen and oxygen atoms in total. The molecule has 0 saturated carbocycles. The highest BCUT2D eigenvalue weighted by atomic mass is 79.9. The van der Waals surface area contributed by atoms with E-state index in [1.54, 1.807) is 0 Å². The van der Waals surface area contributed by atoms with Crippen LogP contribution in [0.5, 0.6) is 0 Å². The van der Waals surface area contributed by atoms with Crippen LogP contribution in [0, 0.1) is 0 Å². The van der Waals surface area contributed by atoms with Gasteiger partial charge in [-0.25, -0.2) is 0 Å². The molecule has 32 heavy (non-hydrogen) atoms. The topological polar surface area (TPSA) is 52.7 Å². The first-order valence-electron chi connectivity index (χ1n) is 11.3. The van der Waals surface area contributed by atoms with Crippen molar-refractivity contribution in [3.63, 3.8) is 0 Å². The lowest BCUT2D eigenvalue weighted by molar-refractivity contribution is -0.137. The molecule has 3 aliphatic heterocycles. The third-order valence-electron chi connectivity index (χ3n) is 7.08. The number of piperidine rings is 2. The van der Waals surface area contributed by atoms with Gasteiger partial charge in [-0.2, -0.15) is 12.6 Å². The number of nitrogens with zero attached hydrogens (tertiary/aromatic N) is 2. The van der Waals surface area contributed by atoms with Crippen LogP contribution in [-0.2, 0) is 22.7 Å². The second kappa shape index (κ2) is 9.29. The molecule has 3 aliphatic rings. The van der Waals surface area contributed by atoms with E-state index in [2.05, 4.69) is 73.5 Å². The van der Waals surface area contributed by atoms with E-state index in [1.807, 2.05) is 0 Å². The van der Waals surface area contributed by atoms with E-state index in [4.69, 9.17) is 12.6 Å². The molecule has 2 amide bonds. The van der Waals surface area contributed by atoms with Crippen LogP contribution in [-0.4, -0.2) is 40.7 Å². The molecule has 7 heteroatoms. The number of hydrogen-bond donors (Lipinski definition) is 2. The largest absolute Gasteiger partial charge is 0.299 e. The molecule has 0 aromatic heterocycles. The van der Waals surface area contributed by atoms with Crippen molar-refractivity contribution in [3.8, 4) is 0 Å². The maximum Gasteiger partial charge on any atom is 0.243 e. The van der Waals surface area contributed by atoms with Gasteiger partial charge in [0.15, 0.2) is 0 Å². The fraction of sp³-hybridized carbons (Fsp3) is 0.440. The van der Waals surface area contributed by atoms with E-state index in [9.17, 15) is 9.59 Å². The standard InChI is InChI=1S/C25H28BrN3O2S/c26-20-3-1-2-18(13-20)17-8-10-28(11-9-17)14-16-4-5-21-19(12-16)15-29(25(21)32)22-6-7-23(30)27-24(22)31/h1-5,12-13,17,22,25,32H,6-11,14-15H2,(H,27,30,31). The monoisotopic (exact) mass is 513 g/mol. The number of nitrogens with one attached hydrogen (secondary N) is 1. The van der Waals surface area contributed by atoms with Gasteiger partial charge < -0.3 is 0 Å². The minimum atomic E-state index is -0.289. The van der Waals surface area contributed by atoms with E-state index in [0.717, 1.165) is 24.1 Å². The van der Waals surface area contributed by atoms with E-state index < -0.39 is 0 Å². The Balaban J connectivity index is 1.21. The van der Waals surface area contributed by atoms with Crippen molar-refractivity contribution in [1.29, 1.82) is 0 Å². The van der Waals surface area contributed by atoms with Gasteiger partial charge >= 0.3 is 0 Å². The number of carbonyl (C=O) groups excluding carboxylic acids is 2. The van der Waals surface area contributed by atoms with Crippen LogP contribution in [0.1, 0.15) is 59.2 Å². The molecule has 3 heterocycles. The average Bonchev–Trinajstić information content (AvgIpc) is 3.10. The smallest absolute Gasteiger partial charge is 0.243 e. The van der Waals surface area contributed by atoms with Gasteiger partial charge in [0.2, 0.25) is 11.8 Å². The Bertz CT molecular complexity index is 1040. The van der Waals surface area contributed by atoms with Crippen LogP contribution in [0.25, 0.3) is 0 Å². The molecule has 2 fully saturated rings. The Morgan fingerprint density at radius 2 is 1.88 bits per heavy atom. The number of rotatable bonds is 4. The van der Waals surface area contributed by atoms with Crippen LogP contribution in [0.4, 0.5) is 0 Å². The maximum absolute atomic E-state index is 12.3. The summed E-state index contributed by atoms with van der Waals surface area (Å²) in [5.41, 5.74) is 5.17. The Kier molecular flexibility index (Phi) is 6.43. The summed E-state index contributed by atoms with van der Waals surface area (Å²) in [6.07, 6.45) is 3.33. The zero-order valence-electron chi connectivity index (χ0n) is 18.0. The highest BCUT2D eigenvalue weighted by Gasteiger charge is 2.39. The molecule has 2 aromatic carbocycles. The van der Waals surface area contributed by atoms with Crippen LogP contribution in [0.3, 0.4) is 0 Å².